The van der Waals surface area contributed by atoms with Crippen molar-refractivity contribution in [3.05, 3.63) is 62.9 Å². The molecule has 0 aromatic heterocycles. The highest BCUT2D eigenvalue weighted by Gasteiger charge is 2.46. The Kier molecular flexibility index (Phi) is 13.4. The van der Waals surface area contributed by atoms with Gasteiger partial charge in [0.15, 0.2) is 0 Å². The molecule has 0 bridgehead atoms. The first-order valence-electron chi connectivity index (χ1n) is 14.0. The van der Waals surface area contributed by atoms with Crippen molar-refractivity contribution >= 4 is 47.2 Å². The van der Waals surface area contributed by atoms with Gasteiger partial charge in [-0.3, -0.25) is 14.5 Å². The lowest BCUT2D eigenvalue weighted by molar-refractivity contribution is -0.190. The lowest BCUT2D eigenvalue weighted by atomic mass is 9.94. The van der Waals surface area contributed by atoms with Gasteiger partial charge >= 0.3 is 6.18 Å². The van der Waals surface area contributed by atoms with Gasteiger partial charge in [0.1, 0.15) is 23.8 Å². The maximum Gasteiger partial charge on any atom is 0.408 e. The monoisotopic (exact) mass is 686 g/mol. The number of carbonyl (C=O) groups excluding carboxylic acids is 1. The molecule has 2 atom stereocenters. The fraction of sp³-hybridized carbons (Fsp3) is 0.533. The Morgan fingerprint density at radius 2 is 1.61 bits per heavy atom. The maximum atomic E-state index is 15.0. The molecule has 2 saturated heterocycles. The molecule has 3 fully saturated rings. The Morgan fingerprint density at radius 3 is 2.11 bits per heavy atom. The molecular weight excluding hydrogens is 654 g/mol. The summed E-state index contributed by atoms with van der Waals surface area (Å²) >= 11 is 16.6. The zero-order valence-corrected chi connectivity index (χ0v) is 26.2. The summed E-state index contributed by atoms with van der Waals surface area (Å²) in [5.41, 5.74) is 0.680. The molecule has 1 amide bonds. The summed E-state index contributed by atoms with van der Waals surface area (Å²) in [4.78, 5) is 23.9. The van der Waals surface area contributed by atoms with Gasteiger partial charge in [0.2, 0.25) is 0 Å². The summed E-state index contributed by atoms with van der Waals surface area (Å²) < 4.78 is 76.8. The lowest BCUT2D eigenvalue weighted by Crippen LogP contribution is -2.43. The van der Waals surface area contributed by atoms with E-state index in [0.717, 1.165) is 18.4 Å². The van der Waals surface area contributed by atoms with E-state index >= 15 is 0 Å². The largest absolute Gasteiger partial charge is 0.493 e. The topological polar surface area (TPSA) is 70.1 Å². The average Bonchev–Trinajstić information content (AvgIpc) is 3.72. The van der Waals surface area contributed by atoms with Crippen LogP contribution in [0.2, 0.25) is 10.0 Å². The van der Waals surface area contributed by atoms with Crippen LogP contribution in [0.15, 0.2) is 30.3 Å². The smallest absolute Gasteiger partial charge is 0.408 e. The molecule has 2 aromatic carbocycles. The van der Waals surface area contributed by atoms with Crippen molar-refractivity contribution in [2.75, 3.05) is 39.2 Å². The van der Waals surface area contributed by atoms with E-state index in [4.69, 9.17) is 37.8 Å². The van der Waals surface area contributed by atoms with E-state index in [1.54, 1.807) is 0 Å². The average molecular weight is 688 g/mol. The molecule has 0 spiro atoms. The van der Waals surface area contributed by atoms with Crippen LogP contribution in [-0.2, 0) is 4.79 Å². The Morgan fingerprint density at radius 1 is 1.02 bits per heavy atom. The normalized spacial score (nSPS) is 19.8. The van der Waals surface area contributed by atoms with Gasteiger partial charge in [0.25, 0.3) is 12.4 Å². The fourth-order valence-corrected chi connectivity index (χ4v) is 6.11. The van der Waals surface area contributed by atoms with Crippen molar-refractivity contribution in [2.24, 2.45) is 5.92 Å². The number of halogens is 8. The minimum atomic E-state index is -4.51. The van der Waals surface area contributed by atoms with Crippen molar-refractivity contribution in [3.8, 4) is 5.75 Å². The Balaban J connectivity index is 0.000000997. The number of hydrogen-bond acceptors (Lipinski definition) is 4. The second-order valence-corrected chi connectivity index (χ2v) is 11.7. The van der Waals surface area contributed by atoms with Crippen LogP contribution in [0.4, 0.5) is 22.0 Å². The maximum absolute atomic E-state index is 15.0. The molecule has 2 aromatic rings. The Labute approximate surface area is 268 Å². The summed E-state index contributed by atoms with van der Waals surface area (Å²) in [5, 5.41) is 7.18. The third kappa shape index (κ3) is 9.58. The van der Waals surface area contributed by atoms with Gasteiger partial charge in [-0.25, -0.2) is 8.78 Å². The minimum Gasteiger partial charge on any atom is -0.493 e. The van der Waals surface area contributed by atoms with Gasteiger partial charge in [-0.1, -0.05) is 23.2 Å². The van der Waals surface area contributed by atoms with Crippen molar-refractivity contribution in [2.45, 2.75) is 56.4 Å². The first-order valence-corrected chi connectivity index (χ1v) is 15.5. The van der Waals surface area contributed by atoms with Crippen molar-refractivity contribution < 1.29 is 41.4 Å². The zero-order valence-electron chi connectivity index (χ0n) is 23.9. The molecule has 2 unspecified atom stereocenters. The molecule has 0 radical (unpaired) electrons. The van der Waals surface area contributed by atoms with Crippen LogP contribution in [0.25, 0.3) is 0 Å². The molecule has 5 rings (SSSR count). The van der Waals surface area contributed by atoms with Crippen LogP contribution < -0.4 is 4.74 Å². The fourth-order valence-electron chi connectivity index (χ4n) is 5.57. The number of amides is 1. The van der Waals surface area contributed by atoms with Gasteiger partial charge in [0.05, 0.1) is 18.7 Å². The van der Waals surface area contributed by atoms with E-state index in [0.29, 0.717) is 18.6 Å². The highest BCUT2D eigenvalue weighted by molar-refractivity contribution is 6.34. The predicted octanol–water partition coefficient (Wildman–Crippen LogP) is 8.14. The second-order valence-electron chi connectivity index (χ2n) is 10.8. The summed E-state index contributed by atoms with van der Waals surface area (Å²) in [5.74, 6) is -0.724. The van der Waals surface area contributed by atoms with Gasteiger partial charge in [0, 0.05) is 29.0 Å². The number of ether oxygens (including phenoxy) is 1. The van der Waals surface area contributed by atoms with E-state index < -0.39 is 30.1 Å². The highest BCUT2D eigenvalue weighted by atomic mass is 35.5. The van der Waals surface area contributed by atoms with E-state index in [-0.39, 0.29) is 78.7 Å². The van der Waals surface area contributed by atoms with E-state index in [9.17, 15) is 26.7 Å². The first kappa shape index (κ1) is 36.1. The molecule has 1 N–H and O–H groups in total. The number of nitrogens with zero attached hydrogens (tertiary/aromatic N) is 2. The molecule has 3 aliphatic rings. The highest BCUT2D eigenvalue weighted by Crippen LogP contribution is 2.46. The second kappa shape index (κ2) is 16.3. The molecule has 14 heteroatoms. The molecule has 6 nitrogen and oxygen atoms in total. The summed E-state index contributed by atoms with van der Waals surface area (Å²) in [7, 11) is 0. The van der Waals surface area contributed by atoms with Gasteiger partial charge in [-0.05, 0) is 92.4 Å². The number of alkyl halides is 5. The zero-order chi connectivity index (χ0) is 32.6. The standard InChI is InChI=1S/C28H29Cl2F5N2O2.CH3Cl.CH2O2/c29-19-9-18(10-20(30)11-19)26(28(33,34)35)36-6-3-16(4-7-36)15-39-25-13-24(32)23(12-22(25)17-1-2-17)27(38)37-8-5-21(31)14-37;1-2;2-1-3/h9-13,16-17,21,26H,1-8,14-15H2;1H3;1H,(H,2,3). The number of benzene rings is 2. The van der Waals surface area contributed by atoms with Gasteiger partial charge in [-0.15, -0.1) is 11.6 Å². The predicted molar refractivity (Wildman–Crippen MR) is 159 cm³/mol. The van der Waals surface area contributed by atoms with Crippen LogP contribution in [0.3, 0.4) is 0 Å². The van der Waals surface area contributed by atoms with Crippen LogP contribution >= 0.6 is 34.8 Å². The Hall–Kier alpha value is -2.34. The SMILES string of the molecule is CCl.O=C(c1cc(C2CC2)c(OCC2CCN(C(c3cc(Cl)cc(Cl)c3)C(F)(F)F)CC2)cc1F)N1CCC(F)C1.O=CO. The number of piperidine rings is 1. The number of carbonyl (C=O) groups is 2. The van der Waals surface area contributed by atoms with Crippen LogP contribution in [-0.4, -0.2) is 78.8 Å². The van der Waals surface area contributed by atoms with Gasteiger partial charge < -0.3 is 14.7 Å². The summed E-state index contributed by atoms with van der Waals surface area (Å²) in [6.45, 7) is 0.605. The quantitative estimate of drug-likeness (QED) is 0.181. The number of carboxylic acid groups (broad SMARTS) is 1. The van der Waals surface area contributed by atoms with Crippen LogP contribution in [0.5, 0.6) is 5.75 Å². The Bertz CT molecular complexity index is 1250. The minimum absolute atomic E-state index is 0.00449. The number of rotatable bonds is 7. The van der Waals surface area contributed by atoms with Crippen molar-refractivity contribution in [1.82, 2.24) is 9.80 Å². The van der Waals surface area contributed by atoms with Gasteiger partial charge in [-0.2, -0.15) is 13.2 Å². The van der Waals surface area contributed by atoms with E-state index in [1.165, 1.54) is 46.5 Å². The number of likely N-dealkylation sites (tertiary alicyclic amines) is 2. The van der Waals surface area contributed by atoms with Crippen molar-refractivity contribution in [1.29, 1.82) is 0 Å². The lowest BCUT2D eigenvalue weighted by Gasteiger charge is -2.38. The third-order valence-corrected chi connectivity index (χ3v) is 8.20. The third-order valence-electron chi connectivity index (χ3n) is 7.76. The van der Waals surface area contributed by atoms with Crippen LogP contribution in [0, 0.1) is 11.7 Å². The molecule has 1 saturated carbocycles. The van der Waals surface area contributed by atoms with E-state index in [1.807, 2.05) is 0 Å². The molecule has 244 valence electrons. The molecule has 2 aliphatic heterocycles. The first-order chi connectivity index (χ1) is 20.9. The van der Waals surface area contributed by atoms with Crippen LogP contribution in [0.1, 0.15) is 65.5 Å². The molecular formula is C30H34Cl3F5N2O4. The molecule has 1 aliphatic carbocycles. The van der Waals surface area contributed by atoms with Crippen molar-refractivity contribution in [3.63, 3.8) is 0 Å². The number of hydrogen-bond donors (Lipinski definition) is 1. The molecule has 2 heterocycles. The van der Waals surface area contributed by atoms with E-state index in [2.05, 4.69) is 11.6 Å². The summed E-state index contributed by atoms with van der Waals surface area (Å²) in [6, 6.07) is 4.92. The molecule has 44 heavy (non-hydrogen) atoms. The summed E-state index contributed by atoms with van der Waals surface area (Å²) in [6.07, 6.45) is -1.14.